The second kappa shape index (κ2) is 15.2. The molecule has 11 heteroatoms. The number of ether oxygens (including phenoxy) is 1. The van der Waals surface area contributed by atoms with Crippen molar-refractivity contribution in [3.05, 3.63) is 34.3 Å². The predicted octanol–water partition coefficient (Wildman–Crippen LogP) is 5.96. The monoisotopic (exact) mass is 655 g/mol. The first kappa shape index (κ1) is 37.4. The summed E-state index contributed by atoms with van der Waals surface area (Å²) in [6.07, 6.45) is 0.840. The number of nitrogens with zero attached hydrogens (tertiary/aromatic N) is 1. The Morgan fingerprint density at radius 3 is 1.95 bits per heavy atom. The summed E-state index contributed by atoms with van der Waals surface area (Å²) < 4.78 is 6.62. The van der Waals surface area contributed by atoms with Crippen molar-refractivity contribution in [3.8, 4) is 0 Å². The molecule has 42 heavy (non-hydrogen) atoms. The smallest absolute Gasteiger partial charge is 0.330 e. The molecule has 1 aromatic carbocycles. The van der Waals surface area contributed by atoms with E-state index in [0.29, 0.717) is 19.5 Å². The maximum absolute atomic E-state index is 14.0. The number of carboxylic acids is 2. The average Bonchev–Trinajstić information content (AvgIpc) is 2.80. The lowest BCUT2D eigenvalue weighted by Gasteiger charge is -2.54. The summed E-state index contributed by atoms with van der Waals surface area (Å²) in [4.78, 5) is 52.9. The Labute approximate surface area is 259 Å². The first-order valence-electron chi connectivity index (χ1n) is 14.4. The van der Waals surface area contributed by atoms with Gasteiger partial charge in [-0.05, 0) is 96.9 Å². The fourth-order valence-electron chi connectivity index (χ4n) is 4.95. The number of rotatable bonds is 14. The SMILES string of the molecule is CC(C)(C)OC(=O)[C@H](CCCCNCc1ccc(Br)cc1)NC(=O)N(C(C)(C)C)[C@@](CCC(=O)O)(C(=O)O)C(C)(C)C. The van der Waals surface area contributed by atoms with Gasteiger partial charge in [-0.15, -0.1) is 0 Å². The Hall–Kier alpha value is -2.66. The van der Waals surface area contributed by atoms with E-state index in [4.69, 9.17) is 4.74 Å². The first-order chi connectivity index (χ1) is 19.1. The van der Waals surface area contributed by atoms with Gasteiger partial charge in [0.05, 0.1) is 0 Å². The van der Waals surface area contributed by atoms with Gasteiger partial charge in [0.2, 0.25) is 0 Å². The van der Waals surface area contributed by atoms with E-state index in [1.165, 1.54) is 4.90 Å². The number of benzene rings is 1. The molecule has 0 spiro atoms. The zero-order chi connectivity index (χ0) is 32.5. The number of carbonyl (C=O) groups is 4. The summed E-state index contributed by atoms with van der Waals surface area (Å²) in [6.45, 7) is 16.7. The molecule has 0 aliphatic heterocycles. The highest BCUT2D eigenvalue weighted by atomic mass is 79.9. The van der Waals surface area contributed by atoms with Crippen molar-refractivity contribution in [2.75, 3.05) is 6.54 Å². The van der Waals surface area contributed by atoms with Gasteiger partial charge in [0.1, 0.15) is 17.2 Å². The first-order valence-corrected chi connectivity index (χ1v) is 15.1. The van der Waals surface area contributed by atoms with E-state index in [0.717, 1.165) is 16.5 Å². The maximum atomic E-state index is 14.0. The number of nitrogens with one attached hydrogen (secondary N) is 2. The summed E-state index contributed by atoms with van der Waals surface area (Å²) in [5.41, 5.74) is -3.63. The number of unbranched alkanes of at least 4 members (excludes halogenated alkanes) is 1. The number of halogens is 1. The molecule has 2 atom stereocenters. The van der Waals surface area contributed by atoms with Gasteiger partial charge in [-0.2, -0.15) is 0 Å². The molecule has 4 N–H and O–H groups in total. The molecule has 0 bridgehead atoms. The fraction of sp³-hybridized carbons (Fsp3) is 0.677. The number of hydrogen-bond donors (Lipinski definition) is 4. The zero-order valence-electron chi connectivity index (χ0n) is 26.6. The summed E-state index contributed by atoms with van der Waals surface area (Å²) in [5.74, 6) is -3.10. The van der Waals surface area contributed by atoms with Crippen molar-refractivity contribution in [1.82, 2.24) is 15.5 Å². The Morgan fingerprint density at radius 1 is 0.929 bits per heavy atom. The third kappa shape index (κ3) is 11.2. The molecule has 0 aliphatic carbocycles. The third-order valence-corrected chi connectivity index (χ3v) is 7.41. The van der Waals surface area contributed by atoms with Crippen LogP contribution in [-0.4, -0.2) is 68.3 Å². The molecule has 1 aromatic rings. The van der Waals surface area contributed by atoms with Gasteiger partial charge in [0, 0.05) is 23.0 Å². The summed E-state index contributed by atoms with van der Waals surface area (Å²) in [5, 5.41) is 26.1. The number of aliphatic carboxylic acids is 2. The Bertz CT molecular complexity index is 1070. The molecule has 10 nitrogen and oxygen atoms in total. The van der Waals surface area contributed by atoms with E-state index in [1.807, 2.05) is 24.3 Å². The molecule has 238 valence electrons. The van der Waals surface area contributed by atoms with Crippen molar-refractivity contribution < 1.29 is 34.1 Å². The number of carboxylic acid groups (broad SMARTS) is 2. The minimum Gasteiger partial charge on any atom is -0.481 e. The van der Waals surface area contributed by atoms with Gasteiger partial charge in [-0.25, -0.2) is 14.4 Å². The van der Waals surface area contributed by atoms with Crippen LogP contribution in [0.3, 0.4) is 0 Å². The van der Waals surface area contributed by atoms with Crippen molar-refractivity contribution in [2.45, 2.75) is 124 Å². The lowest BCUT2D eigenvalue weighted by atomic mass is 9.68. The highest BCUT2D eigenvalue weighted by Gasteiger charge is 2.58. The van der Waals surface area contributed by atoms with Crippen LogP contribution in [0.4, 0.5) is 4.79 Å². The second-order valence-electron chi connectivity index (χ2n) is 13.6. The summed E-state index contributed by atoms with van der Waals surface area (Å²) >= 11 is 3.42. The Kier molecular flexibility index (Phi) is 13.5. The second-order valence-corrected chi connectivity index (χ2v) is 14.6. The summed E-state index contributed by atoms with van der Waals surface area (Å²) in [6, 6.07) is 6.21. The molecule has 0 fully saturated rings. The van der Waals surface area contributed by atoms with Gasteiger partial charge in [0.25, 0.3) is 0 Å². The molecular formula is C31H50BrN3O7. The van der Waals surface area contributed by atoms with Crippen LogP contribution in [0.25, 0.3) is 0 Å². The third-order valence-electron chi connectivity index (χ3n) is 6.88. The molecule has 0 heterocycles. The topological polar surface area (TPSA) is 145 Å². The zero-order valence-corrected chi connectivity index (χ0v) is 28.2. The van der Waals surface area contributed by atoms with Crippen LogP contribution >= 0.6 is 15.9 Å². The highest BCUT2D eigenvalue weighted by Crippen LogP contribution is 2.43. The number of carbonyl (C=O) groups excluding carboxylic acids is 2. The van der Waals surface area contributed by atoms with Gasteiger partial charge in [0.15, 0.2) is 0 Å². The number of hydrogen-bond acceptors (Lipinski definition) is 6. The van der Waals surface area contributed by atoms with Crippen molar-refractivity contribution in [2.24, 2.45) is 5.41 Å². The number of urea groups is 1. The van der Waals surface area contributed by atoms with E-state index in [-0.39, 0.29) is 12.8 Å². The van der Waals surface area contributed by atoms with Crippen LogP contribution in [0.5, 0.6) is 0 Å². The quantitative estimate of drug-likeness (QED) is 0.142. The Balaban J connectivity index is 3.20. The molecule has 0 unspecified atom stereocenters. The van der Waals surface area contributed by atoms with Crippen molar-refractivity contribution in [1.29, 1.82) is 0 Å². The van der Waals surface area contributed by atoms with Crippen molar-refractivity contribution >= 4 is 39.9 Å². The molecule has 0 aliphatic rings. The van der Waals surface area contributed by atoms with Crippen LogP contribution in [-0.2, 0) is 25.7 Å². The van der Waals surface area contributed by atoms with Crippen LogP contribution in [0.2, 0.25) is 0 Å². The maximum Gasteiger partial charge on any atom is 0.330 e. The lowest BCUT2D eigenvalue weighted by Crippen LogP contribution is -2.71. The van der Waals surface area contributed by atoms with Crippen LogP contribution in [0.15, 0.2) is 28.7 Å². The van der Waals surface area contributed by atoms with Crippen molar-refractivity contribution in [3.63, 3.8) is 0 Å². The molecule has 1 rings (SSSR count). The minimum atomic E-state index is -1.89. The fourth-order valence-corrected chi connectivity index (χ4v) is 5.22. The van der Waals surface area contributed by atoms with E-state index < -0.39 is 58.5 Å². The van der Waals surface area contributed by atoms with E-state index >= 15 is 0 Å². The van der Waals surface area contributed by atoms with E-state index in [1.54, 1.807) is 62.3 Å². The van der Waals surface area contributed by atoms with Crippen LogP contribution in [0.1, 0.15) is 100.0 Å². The van der Waals surface area contributed by atoms with E-state index in [9.17, 15) is 29.4 Å². The molecule has 0 aromatic heterocycles. The Morgan fingerprint density at radius 2 is 1.50 bits per heavy atom. The minimum absolute atomic E-state index is 0.281. The lowest BCUT2D eigenvalue weighted by molar-refractivity contribution is -0.164. The summed E-state index contributed by atoms with van der Waals surface area (Å²) in [7, 11) is 0. The molecule has 0 saturated carbocycles. The largest absolute Gasteiger partial charge is 0.481 e. The van der Waals surface area contributed by atoms with Gasteiger partial charge < -0.3 is 30.5 Å². The van der Waals surface area contributed by atoms with Gasteiger partial charge in [-0.3, -0.25) is 4.79 Å². The number of esters is 1. The number of amides is 2. The molecule has 0 saturated heterocycles. The predicted molar refractivity (Wildman–Crippen MR) is 166 cm³/mol. The standard InChI is InChI=1S/C31H50BrN3O7/c1-28(2,3)31(26(39)40,18-17-24(36)37)35(29(4,5)6)27(41)34-23(25(38)42-30(7,8)9)12-10-11-19-33-20-21-13-15-22(32)16-14-21/h13-16,23,33H,10-12,17-20H2,1-9H3,(H,34,41)(H,36,37)(H,39,40)/t23-,31-/m0/s1. The average molecular weight is 657 g/mol. The van der Waals surface area contributed by atoms with Gasteiger partial charge in [-0.1, -0.05) is 48.8 Å². The van der Waals surface area contributed by atoms with Crippen LogP contribution < -0.4 is 10.6 Å². The normalized spacial score (nSPS) is 14.4. The molecule has 0 radical (unpaired) electrons. The molecular weight excluding hydrogens is 606 g/mol. The highest BCUT2D eigenvalue weighted by molar-refractivity contribution is 9.10. The van der Waals surface area contributed by atoms with Crippen LogP contribution in [0, 0.1) is 5.41 Å². The van der Waals surface area contributed by atoms with E-state index in [2.05, 4.69) is 26.6 Å². The van der Waals surface area contributed by atoms with Gasteiger partial charge >= 0.3 is 23.9 Å². The molecule has 2 amide bonds.